The number of anilines is 2. The number of aliphatic hydroxyl groups excluding tert-OH is 1. The fourth-order valence-electron chi connectivity index (χ4n) is 6.67. The third-order valence-corrected chi connectivity index (χ3v) is 10.1. The molecule has 8 nitrogen and oxygen atoms in total. The van der Waals surface area contributed by atoms with E-state index in [1.807, 2.05) is 54.3 Å². The molecule has 4 heterocycles. The number of amides is 3. The largest absolute Gasteiger partial charge is 0.395 e. The zero-order chi connectivity index (χ0) is 27.0. The first-order valence-corrected chi connectivity index (χ1v) is 14.7. The zero-order valence-electron chi connectivity index (χ0n) is 22.5. The van der Waals surface area contributed by atoms with Crippen molar-refractivity contribution >= 4 is 40.9 Å². The number of hydrogen-bond acceptors (Lipinski definition) is 6. The van der Waals surface area contributed by atoms with Gasteiger partial charge in [0, 0.05) is 55.9 Å². The molecule has 1 unspecified atom stereocenters. The van der Waals surface area contributed by atoms with Crippen LogP contribution in [-0.4, -0.2) is 94.5 Å². The molecule has 1 aromatic carbocycles. The summed E-state index contributed by atoms with van der Waals surface area (Å²) in [5.41, 5.74) is 1.87. The second-order valence-electron chi connectivity index (χ2n) is 10.3. The number of hydrogen-bond donors (Lipinski definition) is 1. The summed E-state index contributed by atoms with van der Waals surface area (Å²) in [5, 5.41) is 9.70. The van der Waals surface area contributed by atoms with Crippen molar-refractivity contribution in [3.8, 4) is 0 Å². The summed E-state index contributed by atoms with van der Waals surface area (Å²) < 4.78 is -0.857. The molecule has 5 rings (SSSR count). The highest BCUT2D eigenvalue weighted by Gasteiger charge is 2.70. The van der Waals surface area contributed by atoms with Crippen molar-refractivity contribution in [1.82, 2.24) is 9.80 Å². The van der Waals surface area contributed by atoms with Crippen LogP contribution >= 0.6 is 11.8 Å². The minimum atomic E-state index is -0.857. The number of carbonyl (C=O) groups is 3. The Morgan fingerprint density at radius 3 is 2.37 bits per heavy atom. The van der Waals surface area contributed by atoms with Gasteiger partial charge in [0.1, 0.15) is 6.04 Å². The maximum atomic E-state index is 14.3. The standard InChI is InChI=1S/C29H38N4O4S/c1-4-15-31-16-7-9-22-23(26(31)35)24-27(36)33(18-19-34)25-28(37)32(17-8-14-29(24,25)38-22)21-12-10-20(11-13-21)30(5-2)6-3/h7-14,22-25,34H,4-6,15-19H2,1-3H3/t22-,23+,24-,25?,29-/m0/s1. The maximum Gasteiger partial charge on any atom is 0.251 e. The lowest BCUT2D eigenvalue weighted by Crippen LogP contribution is -2.53. The van der Waals surface area contributed by atoms with Crippen molar-refractivity contribution in [2.75, 3.05) is 55.7 Å². The highest BCUT2D eigenvalue weighted by molar-refractivity contribution is 8.02. The van der Waals surface area contributed by atoms with E-state index in [4.69, 9.17) is 0 Å². The van der Waals surface area contributed by atoms with Gasteiger partial charge in [-0.05, 0) is 44.5 Å². The van der Waals surface area contributed by atoms with Crippen LogP contribution in [0.1, 0.15) is 27.2 Å². The minimum absolute atomic E-state index is 0.0110. The second kappa shape index (κ2) is 10.8. The Morgan fingerprint density at radius 2 is 1.71 bits per heavy atom. The van der Waals surface area contributed by atoms with Gasteiger partial charge in [-0.3, -0.25) is 14.4 Å². The van der Waals surface area contributed by atoms with Gasteiger partial charge in [0.25, 0.3) is 5.91 Å². The smallest absolute Gasteiger partial charge is 0.251 e. The molecule has 0 saturated carbocycles. The molecule has 4 aliphatic heterocycles. The molecule has 1 aromatic rings. The van der Waals surface area contributed by atoms with Crippen LogP contribution in [0.5, 0.6) is 0 Å². The predicted molar refractivity (Wildman–Crippen MR) is 151 cm³/mol. The van der Waals surface area contributed by atoms with Crippen LogP contribution in [0.4, 0.5) is 11.4 Å². The number of aliphatic hydroxyl groups is 1. The van der Waals surface area contributed by atoms with E-state index in [1.54, 1.807) is 16.7 Å². The average Bonchev–Trinajstić information content (AvgIpc) is 3.23. The number of thioether (sulfide) groups is 1. The quantitative estimate of drug-likeness (QED) is 0.512. The van der Waals surface area contributed by atoms with Crippen LogP contribution in [0.2, 0.25) is 0 Å². The van der Waals surface area contributed by atoms with E-state index in [0.717, 1.165) is 30.9 Å². The molecule has 38 heavy (non-hydrogen) atoms. The highest BCUT2D eigenvalue weighted by Crippen LogP contribution is 2.61. The molecule has 1 N–H and O–H groups in total. The van der Waals surface area contributed by atoms with Crippen LogP contribution in [0, 0.1) is 11.8 Å². The van der Waals surface area contributed by atoms with E-state index in [1.165, 1.54) is 4.90 Å². The SMILES string of the molecule is CCCN1CC=C[C@@H]2S[C@]34C=CCN(c5ccc(N(CC)CC)cc5)C(=O)C3N(CCO)C(=O)[C@@H]4[C@@H]2C1=O. The second-order valence-corrected chi connectivity index (χ2v) is 11.8. The van der Waals surface area contributed by atoms with E-state index >= 15 is 0 Å². The number of fused-ring (bicyclic) bond motifs is 2. The number of rotatable bonds is 8. The van der Waals surface area contributed by atoms with Gasteiger partial charge in [0.15, 0.2) is 0 Å². The van der Waals surface area contributed by atoms with Gasteiger partial charge < -0.3 is 24.7 Å². The Labute approximate surface area is 229 Å². The Hall–Kier alpha value is -2.78. The molecule has 2 fully saturated rings. The molecule has 9 heteroatoms. The highest BCUT2D eigenvalue weighted by atomic mass is 32.2. The zero-order valence-corrected chi connectivity index (χ0v) is 23.3. The first kappa shape index (κ1) is 26.8. The van der Waals surface area contributed by atoms with Crippen LogP contribution < -0.4 is 9.80 Å². The monoisotopic (exact) mass is 538 g/mol. The lowest BCUT2D eigenvalue weighted by molar-refractivity contribution is -0.143. The Morgan fingerprint density at radius 1 is 0.974 bits per heavy atom. The number of likely N-dealkylation sites (tertiary alicyclic amines) is 1. The van der Waals surface area contributed by atoms with Gasteiger partial charge in [0.2, 0.25) is 11.8 Å². The molecule has 204 valence electrons. The van der Waals surface area contributed by atoms with Gasteiger partial charge in [-0.2, -0.15) is 0 Å². The topological polar surface area (TPSA) is 84.4 Å². The molecule has 5 atom stereocenters. The lowest BCUT2D eigenvalue weighted by atomic mass is 9.78. The molecule has 0 bridgehead atoms. The van der Waals surface area contributed by atoms with Gasteiger partial charge in [-0.15, -0.1) is 11.8 Å². The fraction of sp³-hybridized carbons (Fsp3) is 0.552. The van der Waals surface area contributed by atoms with Crippen molar-refractivity contribution in [2.24, 2.45) is 11.8 Å². The molecule has 3 amide bonds. The van der Waals surface area contributed by atoms with E-state index in [-0.39, 0.29) is 36.1 Å². The normalized spacial score (nSPS) is 30.3. The van der Waals surface area contributed by atoms with Gasteiger partial charge >= 0.3 is 0 Å². The van der Waals surface area contributed by atoms with Gasteiger partial charge in [-0.1, -0.05) is 31.2 Å². The minimum Gasteiger partial charge on any atom is -0.395 e. The Kier molecular flexibility index (Phi) is 7.60. The summed E-state index contributed by atoms with van der Waals surface area (Å²) in [6.07, 6.45) is 8.93. The first-order chi connectivity index (χ1) is 18.4. The maximum absolute atomic E-state index is 14.3. The Bertz CT molecular complexity index is 1130. The van der Waals surface area contributed by atoms with Crippen LogP contribution in [-0.2, 0) is 14.4 Å². The van der Waals surface area contributed by atoms with Crippen LogP contribution in [0.15, 0.2) is 48.6 Å². The van der Waals surface area contributed by atoms with E-state index in [2.05, 4.69) is 24.8 Å². The molecule has 1 spiro atoms. The van der Waals surface area contributed by atoms with Gasteiger partial charge in [-0.25, -0.2) is 0 Å². The van der Waals surface area contributed by atoms with Crippen LogP contribution in [0.25, 0.3) is 0 Å². The predicted octanol–water partition coefficient (Wildman–Crippen LogP) is 2.53. The number of nitrogens with zero attached hydrogens (tertiary/aromatic N) is 4. The van der Waals surface area contributed by atoms with E-state index in [9.17, 15) is 19.5 Å². The van der Waals surface area contributed by atoms with Crippen molar-refractivity contribution in [1.29, 1.82) is 0 Å². The van der Waals surface area contributed by atoms with E-state index in [0.29, 0.717) is 19.6 Å². The van der Waals surface area contributed by atoms with Crippen molar-refractivity contribution in [3.63, 3.8) is 0 Å². The van der Waals surface area contributed by atoms with Crippen LogP contribution in [0.3, 0.4) is 0 Å². The summed E-state index contributed by atoms with van der Waals surface area (Å²) >= 11 is 1.57. The molecular weight excluding hydrogens is 500 g/mol. The first-order valence-electron chi connectivity index (χ1n) is 13.8. The molecule has 4 aliphatic rings. The summed E-state index contributed by atoms with van der Waals surface area (Å²) in [6, 6.07) is 7.20. The average molecular weight is 539 g/mol. The van der Waals surface area contributed by atoms with Crippen molar-refractivity contribution < 1.29 is 19.5 Å². The van der Waals surface area contributed by atoms with E-state index < -0.39 is 22.6 Å². The molecular formula is C29H38N4O4S. The lowest BCUT2D eigenvalue weighted by Gasteiger charge is -2.35. The number of β-amino-alcohol motifs (C(OH)–C–C–N with tert-alkyl or cyclic N) is 1. The molecule has 2 saturated heterocycles. The summed E-state index contributed by atoms with van der Waals surface area (Å²) in [4.78, 5) is 49.4. The van der Waals surface area contributed by atoms with Gasteiger partial charge in [0.05, 0.1) is 23.2 Å². The third-order valence-electron chi connectivity index (χ3n) is 8.37. The third kappa shape index (κ3) is 4.14. The van der Waals surface area contributed by atoms with Crippen molar-refractivity contribution in [2.45, 2.75) is 43.2 Å². The van der Waals surface area contributed by atoms with Crippen molar-refractivity contribution in [3.05, 3.63) is 48.6 Å². The fourth-order valence-corrected chi connectivity index (χ4v) is 8.68. The molecule has 0 radical (unpaired) electrons. The summed E-state index contributed by atoms with van der Waals surface area (Å²) in [6.45, 7) is 9.46. The molecule has 0 aromatic heterocycles. The number of carbonyl (C=O) groups excluding carboxylic acids is 3. The summed E-state index contributed by atoms with van der Waals surface area (Å²) in [5.74, 6) is -1.56. The Balaban J connectivity index is 1.53. The molecule has 0 aliphatic carbocycles. The summed E-state index contributed by atoms with van der Waals surface area (Å²) in [7, 11) is 0. The number of benzene rings is 1.